The van der Waals surface area contributed by atoms with Crippen molar-refractivity contribution in [3.63, 3.8) is 0 Å². The molecule has 1 aromatic heterocycles. The van der Waals surface area contributed by atoms with Gasteiger partial charge in [0.15, 0.2) is 5.82 Å². The third kappa shape index (κ3) is 3.83. The van der Waals surface area contributed by atoms with E-state index < -0.39 is 11.6 Å². The Kier molecular flexibility index (Phi) is 4.93. The highest BCUT2D eigenvalue weighted by Crippen LogP contribution is 2.47. The van der Waals surface area contributed by atoms with E-state index in [1.54, 1.807) is 0 Å². The third-order valence-electron chi connectivity index (χ3n) is 4.55. The number of rotatable bonds is 5. The van der Waals surface area contributed by atoms with Crippen molar-refractivity contribution < 1.29 is 14.1 Å². The van der Waals surface area contributed by atoms with Crippen LogP contribution in [0.1, 0.15) is 57.3 Å². The zero-order chi connectivity index (χ0) is 18.9. The maximum atomic E-state index is 12.1. The van der Waals surface area contributed by atoms with Crippen molar-refractivity contribution in [3.8, 4) is 0 Å². The summed E-state index contributed by atoms with van der Waals surface area (Å²) in [5, 5.41) is 4.88. The molecule has 0 spiro atoms. The monoisotopic (exact) mass is 374 g/mol. The number of carbonyl (C=O) groups excluding carboxylic acids is 1. The topological polar surface area (TPSA) is 65.2 Å². The first-order valence-corrected chi connectivity index (χ1v) is 9.08. The van der Waals surface area contributed by atoms with Gasteiger partial charge in [-0.2, -0.15) is 4.98 Å². The zero-order valence-corrected chi connectivity index (χ0v) is 16.1. The van der Waals surface area contributed by atoms with Crippen LogP contribution in [-0.4, -0.2) is 21.7 Å². The maximum Gasteiger partial charge on any atom is 0.334 e. The molecule has 26 heavy (non-hydrogen) atoms. The van der Waals surface area contributed by atoms with Gasteiger partial charge in [-0.25, -0.2) is 4.79 Å². The van der Waals surface area contributed by atoms with Gasteiger partial charge in [-0.15, -0.1) is 0 Å². The predicted molar refractivity (Wildman–Crippen MR) is 99.1 cm³/mol. The second-order valence-electron chi connectivity index (χ2n) is 7.74. The molecule has 1 saturated carbocycles. The van der Waals surface area contributed by atoms with Crippen molar-refractivity contribution in [2.45, 2.75) is 57.5 Å². The van der Waals surface area contributed by atoms with Crippen molar-refractivity contribution in [1.82, 2.24) is 10.1 Å². The highest BCUT2D eigenvalue weighted by molar-refractivity contribution is 6.30. The van der Waals surface area contributed by atoms with Crippen LogP contribution >= 0.6 is 11.6 Å². The molecule has 0 saturated heterocycles. The van der Waals surface area contributed by atoms with Crippen LogP contribution in [0.2, 0.25) is 5.02 Å². The van der Waals surface area contributed by atoms with Crippen LogP contribution in [0.5, 0.6) is 0 Å². The minimum atomic E-state index is -0.565. The van der Waals surface area contributed by atoms with Crippen LogP contribution < -0.4 is 0 Å². The first-order valence-electron chi connectivity index (χ1n) is 8.70. The van der Waals surface area contributed by atoms with Gasteiger partial charge < -0.3 is 9.26 Å². The summed E-state index contributed by atoms with van der Waals surface area (Å²) in [4.78, 5) is 16.6. The van der Waals surface area contributed by atoms with E-state index >= 15 is 0 Å². The lowest BCUT2D eigenvalue weighted by Crippen LogP contribution is -2.36. The van der Waals surface area contributed by atoms with E-state index in [1.807, 2.05) is 45.0 Å². The molecule has 1 fully saturated rings. The summed E-state index contributed by atoms with van der Waals surface area (Å²) in [5.74, 6) is 0.572. The summed E-state index contributed by atoms with van der Waals surface area (Å²) >= 11 is 6.00. The lowest BCUT2D eigenvalue weighted by atomic mass is 9.64. The largest absolute Gasteiger partial charge is 0.457 e. The van der Waals surface area contributed by atoms with E-state index in [-0.39, 0.29) is 11.8 Å². The molecule has 0 atom stereocenters. The number of carbonyl (C=O) groups is 1. The van der Waals surface area contributed by atoms with Crippen molar-refractivity contribution in [2.24, 2.45) is 0 Å². The SMILES string of the molecule is C=C(Cc1nc(C2(c3ccc(Cl)cc3)CCC2)no1)C(=O)OC(C)(C)C. The van der Waals surface area contributed by atoms with Gasteiger partial charge in [-0.1, -0.05) is 41.9 Å². The van der Waals surface area contributed by atoms with E-state index in [1.165, 1.54) is 0 Å². The number of benzene rings is 1. The molecule has 1 aliphatic carbocycles. The summed E-state index contributed by atoms with van der Waals surface area (Å²) < 4.78 is 10.7. The van der Waals surface area contributed by atoms with Gasteiger partial charge in [0.1, 0.15) is 5.60 Å². The average molecular weight is 375 g/mol. The first kappa shape index (κ1) is 18.6. The van der Waals surface area contributed by atoms with Crippen LogP contribution in [-0.2, 0) is 21.4 Å². The Morgan fingerprint density at radius 3 is 2.50 bits per heavy atom. The predicted octanol–water partition coefficient (Wildman–Crippen LogP) is 4.63. The lowest BCUT2D eigenvalue weighted by molar-refractivity contribution is -0.150. The minimum Gasteiger partial charge on any atom is -0.457 e. The number of esters is 1. The highest BCUT2D eigenvalue weighted by atomic mass is 35.5. The van der Waals surface area contributed by atoms with E-state index in [2.05, 4.69) is 16.7 Å². The Hall–Kier alpha value is -2.14. The Labute approximate surface area is 158 Å². The first-order chi connectivity index (χ1) is 12.2. The fourth-order valence-electron chi connectivity index (χ4n) is 3.07. The summed E-state index contributed by atoms with van der Waals surface area (Å²) in [6, 6.07) is 7.78. The van der Waals surface area contributed by atoms with Gasteiger partial charge in [0.2, 0.25) is 5.89 Å². The average Bonchev–Trinajstić information content (AvgIpc) is 2.95. The van der Waals surface area contributed by atoms with E-state index in [9.17, 15) is 4.79 Å². The van der Waals surface area contributed by atoms with Gasteiger partial charge >= 0.3 is 5.97 Å². The van der Waals surface area contributed by atoms with Crippen molar-refractivity contribution in [2.75, 3.05) is 0 Å². The standard InChI is InChI=1S/C20H23ClN2O3/c1-13(17(24)25-19(2,3)4)12-16-22-18(23-26-16)20(10-5-11-20)14-6-8-15(21)9-7-14/h6-9H,1,5,10-12H2,2-4H3. The molecule has 1 heterocycles. The number of halogens is 1. The molecule has 3 rings (SSSR count). The Balaban J connectivity index is 1.76. The fourth-order valence-corrected chi connectivity index (χ4v) is 3.19. The van der Waals surface area contributed by atoms with Crippen LogP contribution in [0.4, 0.5) is 0 Å². The van der Waals surface area contributed by atoms with Crippen molar-refractivity contribution in [1.29, 1.82) is 0 Å². The molecule has 2 aromatic rings. The molecular weight excluding hydrogens is 352 g/mol. The smallest absolute Gasteiger partial charge is 0.334 e. The molecule has 0 bridgehead atoms. The summed E-state index contributed by atoms with van der Waals surface area (Å²) in [5.41, 5.74) is 0.625. The number of hydrogen-bond acceptors (Lipinski definition) is 5. The Morgan fingerprint density at radius 1 is 1.31 bits per heavy atom. The van der Waals surface area contributed by atoms with Crippen LogP contribution in [0.15, 0.2) is 40.9 Å². The van der Waals surface area contributed by atoms with E-state index in [0.717, 1.165) is 24.8 Å². The quantitative estimate of drug-likeness (QED) is 0.563. The molecule has 0 aliphatic heterocycles. The summed E-state index contributed by atoms with van der Waals surface area (Å²) in [6.07, 6.45) is 3.21. The molecule has 1 aliphatic rings. The van der Waals surface area contributed by atoms with Crippen molar-refractivity contribution in [3.05, 3.63) is 58.7 Å². The minimum absolute atomic E-state index is 0.179. The van der Waals surface area contributed by atoms with Gasteiger partial charge in [0.25, 0.3) is 0 Å². The van der Waals surface area contributed by atoms with Crippen LogP contribution in [0, 0.1) is 0 Å². The summed E-state index contributed by atoms with van der Waals surface area (Å²) in [6.45, 7) is 9.24. The molecule has 138 valence electrons. The normalized spacial score (nSPS) is 16.0. The van der Waals surface area contributed by atoms with E-state index in [4.69, 9.17) is 20.9 Å². The van der Waals surface area contributed by atoms with Crippen molar-refractivity contribution >= 4 is 17.6 Å². The van der Waals surface area contributed by atoms with Gasteiger partial charge in [0.05, 0.1) is 11.8 Å². The van der Waals surface area contributed by atoms with Crippen LogP contribution in [0.25, 0.3) is 0 Å². The van der Waals surface area contributed by atoms with Gasteiger partial charge in [-0.3, -0.25) is 0 Å². The molecule has 0 radical (unpaired) electrons. The lowest BCUT2D eigenvalue weighted by Gasteiger charge is -2.39. The molecule has 6 heteroatoms. The Morgan fingerprint density at radius 2 is 1.96 bits per heavy atom. The highest BCUT2D eigenvalue weighted by Gasteiger charge is 2.44. The molecule has 0 unspecified atom stereocenters. The fraction of sp³-hybridized carbons (Fsp3) is 0.450. The molecule has 1 aromatic carbocycles. The zero-order valence-electron chi connectivity index (χ0n) is 15.3. The molecule has 0 N–H and O–H groups in total. The molecule has 5 nitrogen and oxygen atoms in total. The number of nitrogens with zero attached hydrogens (tertiary/aromatic N) is 2. The second kappa shape index (κ2) is 6.88. The Bertz CT molecular complexity index is 814. The van der Waals surface area contributed by atoms with E-state index in [0.29, 0.717) is 22.3 Å². The van der Waals surface area contributed by atoms with Crippen LogP contribution in [0.3, 0.4) is 0 Å². The summed E-state index contributed by atoms with van der Waals surface area (Å²) in [7, 11) is 0. The third-order valence-corrected chi connectivity index (χ3v) is 4.80. The van der Waals surface area contributed by atoms with Gasteiger partial charge in [0, 0.05) is 10.6 Å². The second-order valence-corrected chi connectivity index (χ2v) is 8.17. The molecular formula is C20H23ClN2O3. The number of aromatic nitrogens is 2. The number of hydrogen-bond donors (Lipinski definition) is 0. The van der Waals surface area contributed by atoms with Gasteiger partial charge in [-0.05, 0) is 51.3 Å². The maximum absolute atomic E-state index is 12.1. The number of ether oxygens (including phenoxy) is 1. The molecule has 0 amide bonds.